The highest BCUT2D eigenvalue weighted by Gasteiger charge is 2.48. The third-order valence-corrected chi connectivity index (χ3v) is 9.05. The number of methoxy groups -OCH3 is 1. The highest BCUT2D eigenvalue weighted by atomic mass is 19.1. The van der Waals surface area contributed by atoms with Crippen LogP contribution in [0.2, 0.25) is 0 Å². The molecule has 2 aromatic carbocycles. The van der Waals surface area contributed by atoms with Crippen LogP contribution in [0.3, 0.4) is 0 Å². The van der Waals surface area contributed by atoms with Gasteiger partial charge in [0, 0.05) is 65.7 Å². The number of halogens is 1. The zero-order valence-corrected chi connectivity index (χ0v) is 21.4. The number of piperidine rings is 1. The fourth-order valence-corrected chi connectivity index (χ4v) is 6.86. The number of aromatic amines is 1. The van der Waals surface area contributed by atoms with E-state index in [1.54, 1.807) is 19.2 Å². The first-order valence-electron chi connectivity index (χ1n) is 13.5. The molecule has 0 bridgehead atoms. The lowest BCUT2D eigenvalue weighted by Gasteiger charge is -2.51. The van der Waals surface area contributed by atoms with Crippen LogP contribution in [0.5, 0.6) is 5.75 Å². The summed E-state index contributed by atoms with van der Waals surface area (Å²) in [4.78, 5) is 21.4. The minimum atomic E-state index is -0.144. The van der Waals surface area contributed by atoms with E-state index >= 15 is 0 Å². The first-order valence-corrected chi connectivity index (χ1v) is 13.5. The molecule has 1 unspecified atom stereocenters. The van der Waals surface area contributed by atoms with Crippen LogP contribution in [0.1, 0.15) is 68.3 Å². The Kier molecular flexibility index (Phi) is 6.03. The van der Waals surface area contributed by atoms with Gasteiger partial charge in [0.15, 0.2) is 0 Å². The van der Waals surface area contributed by atoms with Crippen LogP contribution < -0.4 is 4.74 Å². The molecule has 6 heteroatoms. The Hall–Kier alpha value is -2.86. The quantitative estimate of drug-likeness (QED) is 0.482. The standard InChI is InChI=1S/C30H36FN3O2/c1-3-26-28-27(23-12-11-22(36-2)17-25(23)32-28)30(19-34(26)18-21-7-4-5-10-24(21)31)13-15-33(16-14-30)29(35)20-8-6-9-20/h4-5,7,10-12,17,20,26,32H,3,6,8-9,13-16,18-19H2,1-2H3. The second-order valence-electron chi connectivity index (χ2n) is 11.0. The molecule has 1 saturated carbocycles. The summed E-state index contributed by atoms with van der Waals surface area (Å²) in [6.45, 7) is 5.25. The summed E-state index contributed by atoms with van der Waals surface area (Å²) >= 11 is 0. The fraction of sp³-hybridized carbons (Fsp3) is 0.500. The summed E-state index contributed by atoms with van der Waals surface area (Å²) < 4.78 is 20.2. The van der Waals surface area contributed by atoms with E-state index in [0.29, 0.717) is 12.5 Å². The second kappa shape index (κ2) is 9.22. The number of likely N-dealkylation sites (tertiary alicyclic amines) is 1. The van der Waals surface area contributed by atoms with Crippen LogP contribution in [0, 0.1) is 11.7 Å². The number of hydrogen-bond donors (Lipinski definition) is 1. The molecule has 36 heavy (non-hydrogen) atoms. The molecule has 1 N–H and O–H groups in total. The SMILES string of the molecule is CCC1c2[nH]c3cc(OC)ccc3c2C2(CCN(C(=O)C3CCC3)CC2)CN1Cc1ccccc1F. The number of amides is 1. The van der Waals surface area contributed by atoms with Gasteiger partial charge >= 0.3 is 0 Å². The van der Waals surface area contributed by atoms with Crippen molar-refractivity contribution < 1.29 is 13.9 Å². The summed E-state index contributed by atoms with van der Waals surface area (Å²) in [6, 6.07) is 13.6. The van der Waals surface area contributed by atoms with Crippen molar-refractivity contribution in [2.24, 2.45) is 5.92 Å². The van der Waals surface area contributed by atoms with Gasteiger partial charge in [-0.3, -0.25) is 9.69 Å². The zero-order chi connectivity index (χ0) is 24.9. The summed E-state index contributed by atoms with van der Waals surface area (Å²) in [5.74, 6) is 1.29. The topological polar surface area (TPSA) is 48.6 Å². The number of benzene rings is 2. The minimum absolute atomic E-state index is 0.0739. The highest BCUT2D eigenvalue weighted by Crippen LogP contribution is 2.50. The van der Waals surface area contributed by atoms with E-state index in [4.69, 9.17) is 4.74 Å². The third-order valence-electron chi connectivity index (χ3n) is 9.05. The van der Waals surface area contributed by atoms with Crippen LogP contribution >= 0.6 is 0 Å². The van der Waals surface area contributed by atoms with Crippen LogP contribution in [0.15, 0.2) is 42.5 Å². The van der Waals surface area contributed by atoms with Gasteiger partial charge in [-0.2, -0.15) is 0 Å². The number of nitrogens with one attached hydrogen (secondary N) is 1. The van der Waals surface area contributed by atoms with E-state index < -0.39 is 0 Å². The second-order valence-corrected chi connectivity index (χ2v) is 11.0. The molecule has 6 rings (SSSR count). The molecule has 1 saturated heterocycles. The first kappa shape index (κ1) is 23.5. The maximum Gasteiger partial charge on any atom is 0.225 e. The molecule has 1 atom stereocenters. The van der Waals surface area contributed by atoms with E-state index in [-0.39, 0.29) is 23.2 Å². The van der Waals surface area contributed by atoms with Gasteiger partial charge in [0.05, 0.1) is 13.2 Å². The molecule has 3 aliphatic rings. The Morgan fingerprint density at radius 1 is 1.17 bits per heavy atom. The molecule has 1 aromatic heterocycles. The Bertz CT molecular complexity index is 1270. The molecule has 5 nitrogen and oxygen atoms in total. The third kappa shape index (κ3) is 3.81. The highest BCUT2D eigenvalue weighted by molar-refractivity contribution is 5.88. The number of rotatable bonds is 5. The molecule has 1 spiro atoms. The van der Waals surface area contributed by atoms with E-state index in [0.717, 1.165) is 68.6 Å². The Balaban J connectivity index is 1.40. The monoisotopic (exact) mass is 489 g/mol. The van der Waals surface area contributed by atoms with E-state index in [2.05, 4.69) is 33.8 Å². The van der Waals surface area contributed by atoms with Crippen molar-refractivity contribution in [3.8, 4) is 5.75 Å². The molecule has 3 heterocycles. The van der Waals surface area contributed by atoms with Gasteiger partial charge in [-0.1, -0.05) is 31.5 Å². The number of H-pyrrole nitrogens is 1. The Morgan fingerprint density at radius 2 is 1.94 bits per heavy atom. The minimum Gasteiger partial charge on any atom is -0.497 e. The van der Waals surface area contributed by atoms with Crippen molar-refractivity contribution in [3.05, 3.63) is 65.1 Å². The Morgan fingerprint density at radius 3 is 2.61 bits per heavy atom. The number of hydrogen-bond acceptors (Lipinski definition) is 3. The molecule has 2 aliphatic heterocycles. The van der Waals surface area contributed by atoms with Crippen LogP contribution in [0.4, 0.5) is 4.39 Å². The van der Waals surface area contributed by atoms with E-state index in [1.807, 2.05) is 18.2 Å². The number of carbonyl (C=O) groups excluding carboxylic acids is 1. The molecular weight excluding hydrogens is 453 g/mol. The van der Waals surface area contributed by atoms with Crippen molar-refractivity contribution >= 4 is 16.8 Å². The number of nitrogens with zero attached hydrogens (tertiary/aromatic N) is 2. The molecule has 190 valence electrons. The summed E-state index contributed by atoms with van der Waals surface area (Å²) in [5, 5.41) is 1.26. The predicted molar refractivity (Wildman–Crippen MR) is 140 cm³/mol. The molecule has 0 radical (unpaired) electrons. The fourth-order valence-electron chi connectivity index (χ4n) is 6.86. The number of fused-ring (bicyclic) bond motifs is 4. The zero-order valence-electron chi connectivity index (χ0n) is 21.4. The van der Waals surface area contributed by atoms with Crippen LogP contribution in [-0.2, 0) is 16.8 Å². The maximum atomic E-state index is 14.7. The van der Waals surface area contributed by atoms with Crippen molar-refractivity contribution in [2.75, 3.05) is 26.7 Å². The number of aromatic nitrogens is 1. The maximum absolute atomic E-state index is 14.7. The van der Waals surface area contributed by atoms with Crippen molar-refractivity contribution in [2.45, 2.75) is 63.5 Å². The van der Waals surface area contributed by atoms with Crippen LogP contribution in [-0.4, -0.2) is 47.4 Å². The van der Waals surface area contributed by atoms with Gasteiger partial charge < -0.3 is 14.6 Å². The lowest BCUT2D eigenvalue weighted by atomic mass is 9.67. The number of carbonyl (C=O) groups is 1. The molecular formula is C30H36FN3O2. The van der Waals surface area contributed by atoms with E-state index in [1.165, 1.54) is 23.1 Å². The average Bonchev–Trinajstić information content (AvgIpc) is 3.24. The largest absolute Gasteiger partial charge is 0.497 e. The van der Waals surface area contributed by atoms with Gasteiger partial charge in [0.25, 0.3) is 0 Å². The Labute approximate surface area is 212 Å². The molecule has 1 amide bonds. The summed E-state index contributed by atoms with van der Waals surface area (Å²) in [6.07, 6.45) is 6.07. The molecule has 2 fully saturated rings. The smallest absolute Gasteiger partial charge is 0.225 e. The van der Waals surface area contributed by atoms with Crippen molar-refractivity contribution in [1.82, 2.24) is 14.8 Å². The van der Waals surface area contributed by atoms with Gasteiger partial charge in [-0.05, 0) is 55.9 Å². The summed E-state index contributed by atoms with van der Waals surface area (Å²) in [5.41, 5.74) is 4.42. The van der Waals surface area contributed by atoms with E-state index in [9.17, 15) is 9.18 Å². The van der Waals surface area contributed by atoms with Gasteiger partial charge in [0.2, 0.25) is 5.91 Å². The lowest BCUT2D eigenvalue weighted by Crippen LogP contribution is -2.54. The lowest BCUT2D eigenvalue weighted by molar-refractivity contribution is -0.140. The van der Waals surface area contributed by atoms with Crippen LogP contribution in [0.25, 0.3) is 10.9 Å². The first-order chi connectivity index (χ1) is 17.5. The predicted octanol–water partition coefficient (Wildman–Crippen LogP) is 5.94. The summed E-state index contributed by atoms with van der Waals surface area (Å²) in [7, 11) is 1.70. The normalized spacial score (nSPS) is 22.0. The number of ether oxygens (including phenoxy) is 1. The average molecular weight is 490 g/mol. The van der Waals surface area contributed by atoms with Crippen molar-refractivity contribution in [3.63, 3.8) is 0 Å². The van der Waals surface area contributed by atoms with Crippen molar-refractivity contribution in [1.29, 1.82) is 0 Å². The molecule has 3 aromatic rings. The molecule has 1 aliphatic carbocycles. The van der Waals surface area contributed by atoms with Gasteiger partial charge in [-0.15, -0.1) is 0 Å². The van der Waals surface area contributed by atoms with Gasteiger partial charge in [-0.25, -0.2) is 4.39 Å². The van der Waals surface area contributed by atoms with Gasteiger partial charge in [0.1, 0.15) is 11.6 Å².